The third-order valence-electron chi connectivity index (χ3n) is 2.15. The molecule has 2 nitrogen and oxygen atoms in total. The van der Waals surface area contributed by atoms with E-state index in [0.717, 1.165) is 0 Å². The minimum Gasteiger partial charge on any atom is -0.395 e. The van der Waals surface area contributed by atoms with Crippen LogP contribution in [0.25, 0.3) is 0 Å². The number of ether oxygens (including phenoxy) is 2. The second kappa shape index (κ2) is 3.05. The van der Waals surface area contributed by atoms with E-state index in [0.29, 0.717) is 5.56 Å². The zero-order valence-corrected chi connectivity index (χ0v) is 8.18. The zero-order valence-electron chi connectivity index (χ0n) is 8.18. The van der Waals surface area contributed by atoms with E-state index in [4.69, 9.17) is 0 Å². The molecular formula is C10H9F3O2. The van der Waals surface area contributed by atoms with Crippen molar-refractivity contribution >= 4 is 0 Å². The van der Waals surface area contributed by atoms with Gasteiger partial charge in [-0.1, -0.05) is 13.8 Å². The average molecular weight is 218 g/mol. The highest BCUT2D eigenvalue weighted by molar-refractivity contribution is 5.47. The van der Waals surface area contributed by atoms with Crippen LogP contribution in [0, 0.1) is 5.82 Å². The van der Waals surface area contributed by atoms with Crippen molar-refractivity contribution in [3.63, 3.8) is 0 Å². The van der Waals surface area contributed by atoms with Crippen LogP contribution in [0.15, 0.2) is 12.1 Å². The zero-order chi connectivity index (χ0) is 11.2. The molecule has 0 unspecified atom stereocenters. The SMILES string of the molecule is CC(C)c1cc(F)c2c(c1)OC(F)(F)O2. The van der Waals surface area contributed by atoms with Gasteiger partial charge in [0.2, 0.25) is 5.75 Å². The minimum absolute atomic E-state index is 0.0302. The Hall–Kier alpha value is -1.39. The summed E-state index contributed by atoms with van der Waals surface area (Å²) in [5.74, 6) is -1.57. The molecule has 0 amide bonds. The summed E-state index contributed by atoms with van der Waals surface area (Å²) in [6.45, 7) is 3.66. The van der Waals surface area contributed by atoms with Crippen molar-refractivity contribution in [3.8, 4) is 11.5 Å². The van der Waals surface area contributed by atoms with Gasteiger partial charge in [0, 0.05) is 0 Å². The molecule has 5 heteroatoms. The molecule has 1 aromatic carbocycles. The summed E-state index contributed by atoms with van der Waals surface area (Å²) >= 11 is 0. The Kier molecular flexibility index (Phi) is 2.06. The summed E-state index contributed by atoms with van der Waals surface area (Å²) in [5, 5.41) is 0. The average Bonchev–Trinajstić information content (AvgIpc) is 2.39. The fourth-order valence-corrected chi connectivity index (χ4v) is 1.36. The van der Waals surface area contributed by atoms with Gasteiger partial charge >= 0.3 is 6.29 Å². The van der Waals surface area contributed by atoms with Gasteiger partial charge in [-0.15, -0.1) is 8.78 Å². The first-order chi connectivity index (χ1) is 6.89. The molecule has 2 rings (SSSR count). The van der Waals surface area contributed by atoms with Crippen molar-refractivity contribution in [1.29, 1.82) is 0 Å². The van der Waals surface area contributed by atoms with Crippen LogP contribution >= 0.6 is 0 Å². The van der Waals surface area contributed by atoms with Crippen LogP contribution in [0.1, 0.15) is 25.3 Å². The van der Waals surface area contributed by atoms with Crippen molar-refractivity contribution < 1.29 is 22.6 Å². The molecule has 0 bridgehead atoms. The predicted molar refractivity (Wildman–Crippen MR) is 46.7 cm³/mol. The molecule has 15 heavy (non-hydrogen) atoms. The Morgan fingerprint density at radius 1 is 1.20 bits per heavy atom. The van der Waals surface area contributed by atoms with E-state index in [-0.39, 0.29) is 11.7 Å². The fraction of sp³-hybridized carbons (Fsp3) is 0.400. The first-order valence-electron chi connectivity index (χ1n) is 4.48. The third-order valence-corrected chi connectivity index (χ3v) is 2.15. The van der Waals surface area contributed by atoms with Crippen LogP contribution in [-0.4, -0.2) is 6.29 Å². The van der Waals surface area contributed by atoms with Gasteiger partial charge in [0.1, 0.15) is 0 Å². The molecule has 1 aliphatic heterocycles. The number of hydrogen-bond acceptors (Lipinski definition) is 2. The van der Waals surface area contributed by atoms with Crippen molar-refractivity contribution in [1.82, 2.24) is 0 Å². The maximum atomic E-state index is 13.3. The van der Waals surface area contributed by atoms with Crippen molar-refractivity contribution in [2.45, 2.75) is 26.1 Å². The molecule has 0 spiro atoms. The van der Waals surface area contributed by atoms with Crippen LogP contribution in [0.3, 0.4) is 0 Å². The summed E-state index contributed by atoms with van der Waals surface area (Å²) < 4.78 is 46.8. The first-order valence-corrected chi connectivity index (χ1v) is 4.48. The monoisotopic (exact) mass is 218 g/mol. The number of benzene rings is 1. The predicted octanol–water partition coefficient (Wildman–Crippen LogP) is 3.27. The molecule has 0 aromatic heterocycles. The van der Waals surface area contributed by atoms with Gasteiger partial charge in [0.05, 0.1) is 0 Å². The summed E-state index contributed by atoms with van der Waals surface area (Å²) in [6.07, 6.45) is -3.77. The van der Waals surface area contributed by atoms with E-state index in [2.05, 4.69) is 9.47 Å². The van der Waals surface area contributed by atoms with Gasteiger partial charge in [-0.3, -0.25) is 0 Å². The second-order valence-electron chi connectivity index (χ2n) is 3.65. The van der Waals surface area contributed by atoms with E-state index in [1.54, 1.807) is 0 Å². The number of hydrogen-bond donors (Lipinski definition) is 0. The molecule has 0 atom stereocenters. The van der Waals surface area contributed by atoms with Crippen molar-refractivity contribution in [3.05, 3.63) is 23.5 Å². The van der Waals surface area contributed by atoms with Crippen LogP contribution in [-0.2, 0) is 0 Å². The van der Waals surface area contributed by atoms with Crippen molar-refractivity contribution in [2.24, 2.45) is 0 Å². The standard InChI is InChI=1S/C10H9F3O2/c1-5(2)6-3-7(11)9-8(4-6)14-10(12,13)15-9/h3-5H,1-2H3. The topological polar surface area (TPSA) is 18.5 Å². The molecule has 1 aromatic rings. The van der Waals surface area contributed by atoms with Gasteiger partial charge in [-0.2, -0.15) is 0 Å². The highest BCUT2D eigenvalue weighted by Gasteiger charge is 2.45. The van der Waals surface area contributed by atoms with E-state index in [1.807, 2.05) is 13.8 Å². The maximum absolute atomic E-state index is 13.3. The molecule has 0 saturated carbocycles. The highest BCUT2D eigenvalue weighted by atomic mass is 19.3. The normalized spacial score (nSPS) is 17.2. The molecule has 1 aliphatic rings. The Morgan fingerprint density at radius 3 is 2.47 bits per heavy atom. The molecule has 0 aliphatic carbocycles. The Morgan fingerprint density at radius 2 is 1.87 bits per heavy atom. The Bertz CT molecular complexity index is 402. The minimum atomic E-state index is -3.77. The summed E-state index contributed by atoms with van der Waals surface area (Å²) in [5.41, 5.74) is 0.590. The van der Waals surface area contributed by atoms with Crippen LogP contribution < -0.4 is 9.47 Å². The van der Waals surface area contributed by atoms with Gasteiger partial charge in [-0.25, -0.2) is 4.39 Å². The quantitative estimate of drug-likeness (QED) is 0.720. The van der Waals surface area contributed by atoms with Gasteiger partial charge < -0.3 is 9.47 Å². The largest absolute Gasteiger partial charge is 0.586 e. The van der Waals surface area contributed by atoms with Crippen molar-refractivity contribution in [2.75, 3.05) is 0 Å². The van der Waals surface area contributed by atoms with E-state index >= 15 is 0 Å². The maximum Gasteiger partial charge on any atom is 0.586 e. The van der Waals surface area contributed by atoms with Crippen LogP contribution in [0.5, 0.6) is 11.5 Å². The molecule has 0 saturated heterocycles. The fourth-order valence-electron chi connectivity index (χ4n) is 1.36. The first kappa shape index (κ1) is 10.1. The molecule has 1 heterocycles. The second-order valence-corrected chi connectivity index (χ2v) is 3.65. The van der Waals surface area contributed by atoms with Crippen LogP contribution in [0.4, 0.5) is 13.2 Å². The lowest BCUT2D eigenvalue weighted by atomic mass is 10.0. The summed E-state index contributed by atoms with van der Waals surface area (Å²) in [4.78, 5) is 0. The van der Waals surface area contributed by atoms with Crippen LogP contribution in [0.2, 0.25) is 0 Å². The summed E-state index contributed by atoms with van der Waals surface area (Å²) in [7, 11) is 0. The Labute approximate surface area is 84.6 Å². The third kappa shape index (κ3) is 1.73. The van der Waals surface area contributed by atoms with E-state index in [1.165, 1.54) is 12.1 Å². The summed E-state index contributed by atoms with van der Waals surface area (Å²) in [6, 6.07) is 2.54. The van der Waals surface area contributed by atoms with Gasteiger partial charge in [0.15, 0.2) is 11.6 Å². The molecule has 0 fully saturated rings. The number of alkyl halides is 2. The molecular weight excluding hydrogens is 209 g/mol. The van der Waals surface area contributed by atoms with E-state index < -0.39 is 17.9 Å². The highest BCUT2D eigenvalue weighted by Crippen LogP contribution is 2.44. The number of fused-ring (bicyclic) bond motifs is 1. The number of halogens is 3. The Balaban J connectivity index is 2.47. The van der Waals surface area contributed by atoms with E-state index in [9.17, 15) is 13.2 Å². The lowest BCUT2D eigenvalue weighted by molar-refractivity contribution is -0.287. The lowest BCUT2D eigenvalue weighted by Crippen LogP contribution is -2.26. The molecule has 0 N–H and O–H groups in total. The van der Waals surface area contributed by atoms with Gasteiger partial charge in [-0.05, 0) is 23.6 Å². The van der Waals surface area contributed by atoms with Gasteiger partial charge in [0.25, 0.3) is 0 Å². The molecule has 0 radical (unpaired) electrons. The number of rotatable bonds is 1. The lowest BCUT2D eigenvalue weighted by Gasteiger charge is -2.06. The smallest absolute Gasteiger partial charge is 0.395 e. The molecule has 82 valence electrons.